The van der Waals surface area contributed by atoms with Gasteiger partial charge in [0.15, 0.2) is 0 Å². The smallest absolute Gasteiger partial charge is 0.0992 e. The van der Waals surface area contributed by atoms with E-state index < -0.39 is 5.60 Å². The predicted octanol–water partition coefficient (Wildman–Crippen LogP) is 3.37. The van der Waals surface area contributed by atoms with Crippen molar-refractivity contribution in [2.24, 2.45) is 11.8 Å². The molecular formula is C20H23NOS. The third-order valence-corrected chi connectivity index (χ3v) is 6.60. The maximum absolute atomic E-state index is 11.6. The van der Waals surface area contributed by atoms with E-state index >= 15 is 0 Å². The molecule has 2 aliphatic heterocycles. The Labute approximate surface area is 142 Å². The Morgan fingerprint density at radius 3 is 2.09 bits per heavy atom. The second kappa shape index (κ2) is 6.31. The van der Waals surface area contributed by atoms with Gasteiger partial charge >= 0.3 is 0 Å². The number of nitrogens with zero attached hydrogens (tertiary/aromatic N) is 1. The van der Waals surface area contributed by atoms with Crippen LogP contribution in [0.3, 0.4) is 0 Å². The summed E-state index contributed by atoms with van der Waals surface area (Å²) in [6.45, 7) is 2.94. The van der Waals surface area contributed by atoms with E-state index in [0.717, 1.165) is 36.7 Å². The monoisotopic (exact) mass is 325 g/mol. The summed E-state index contributed by atoms with van der Waals surface area (Å²) in [5.41, 5.74) is 1.82. The molecule has 2 bridgehead atoms. The van der Waals surface area contributed by atoms with Crippen LogP contribution in [0.1, 0.15) is 11.1 Å². The molecule has 0 radical (unpaired) electrons. The van der Waals surface area contributed by atoms with Gasteiger partial charge in [0, 0.05) is 43.0 Å². The van der Waals surface area contributed by atoms with Gasteiger partial charge in [-0.15, -0.1) is 0 Å². The Kier molecular flexibility index (Phi) is 4.18. The lowest BCUT2D eigenvalue weighted by Crippen LogP contribution is -2.59. The molecule has 120 valence electrons. The lowest BCUT2D eigenvalue weighted by molar-refractivity contribution is -0.114. The minimum absolute atomic E-state index is 0.311. The quantitative estimate of drug-likeness (QED) is 0.936. The van der Waals surface area contributed by atoms with Gasteiger partial charge in [-0.2, -0.15) is 11.8 Å². The first-order chi connectivity index (χ1) is 11.3. The van der Waals surface area contributed by atoms with Gasteiger partial charge in [-0.1, -0.05) is 60.7 Å². The van der Waals surface area contributed by atoms with Crippen LogP contribution in [0.25, 0.3) is 0 Å². The van der Waals surface area contributed by atoms with Crippen LogP contribution in [-0.4, -0.2) is 34.6 Å². The molecule has 0 aromatic heterocycles. The largest absolute Gasteiger partial charge is 0.384 e. The molecule has 0 saturated carbocycles. The van der Waals surface area contributed by atoms with Gasteiger partial charge in [0.25, 0.3) is 0 Å². The number of benzene rings is 2. The molecular weight excluding hydrogens is 302 g/mol. The molecule has 0 amide bonds. The average Bonchev–Trinajstić information content (AvgIpc) is 2.58. The van der Waals surface area contributed by atoms with E-state index in [1.165, 1.54) is 5.56 Å². The van der Waals surface area contributed by atoms with E-state index in [0.29, 0.717) is 11.8 Å². The van der Waals surface area contributed by atoms with Crippen LogP contribution in [0.2, 0.25) is 0 Å². The van der Waals surface area contributed by atoms with Crippen molar-refractivity contribution < 1.29 is 5.11 Å². The van der Waals surface area contributed by atoms with Crippen LogP contribution in [0.4, 0.5) is 0 Å². The van der Waals surface area contributed by atoms with Crippen LogP contribution >= 0.6 is 11.8 Å². The SMILES string of the molecule is OC1(c2ccccc2)C2CSCC1CN(Cc1ccccc1)C2. The van der Waals surface area contributed by atoms with E-state index in [-0.39, 0.29) is 0 Å². The molecule has 2 saturated heterocycles. The summed E-state index contributed by atoms with van der Waals surface area (Å²) in [6.07, 6.45) is 0. The van der Waals surface area contributed by atoms with Gasteiger partial charge < -0.3 is 5.11 Å². The van der Waals surface area contributed by atoms with Crippen molar-refractivity contribution in [3.63, 3.8) is 0 Å². The van der Waals surface area contributed by atoms with E-state index in [1.54, 1.807) is 0 Å². The predicted molar refractivity (Wildman–Crippen MR) is 96.4 cm³/mol. The fraction of sp³-hybridized carbons (Fsp3) is 0.400. The zero-order chi connectivity index (χ0) is 15.7. The minimum atomic E-state index is -0.653. The number of fused-ring (bicyclic) bond motifs is 2. The van der Waals surface area contributed by atoms with Crippen molar-refractivity contribution in [1.29, 1.82) is 0 Å². The van der Waals surface area contributed by atoms with Gasteiger partial charge in [0.1, 0.15) is 0 Å². The molecule has 3 heteroatoms. The molecule has 2 unspecified atom stereocenters. The first-order valence-corrected chi connectivity index (χ1v) is 9.54. The Hall–Kier alpha value is -1.29. The second-order valence-corrected chi connectivity index (χ2v) is 7.88. The van der Waals surface area contributed by atoms with E-state index in [1.807, 2.05) is 30.0 Å². The second-order valence-electron chi connectivity index (χ2n) is 6.80. The molecule has 1 N–H and O–H groups in total. The number of likely N-dealkylation sites (tertiary alicyclic amines) is 1. The van der Waals surface area contributed by atoms with Gasteiger partial charge in [-0.3, -0.25) is 4.90 Å². The zero-order valence-corrected chi connectivity index (χ0v) is 14.1. The van der Waals surface area contributed by atoms with Crippen molar-refractivity contribution in [1.82, 2.24) is 4.90 Å². The van der Waals surface area contributed by atoms with Gasteiger partial charge in [0.05, 0.1) is 5.60 Å². The molecule has 2 aromatic carbocycles. The number of thioether (sulfide) groups is 1. The molecule has 2 atom stereocenters. The summed E-state index contributed by atoms with van der Waals surface area (Å²) in [5.74, 6) is 2.72. The van der Waals surface area contributed by atoms with Crippen LogP contribution < -0.4 is 0 Å². The number of piperidine rings is 1. The van der Waals surface area contributed by atoms with E-state index in [4.69, 9.17) is 0 Å². The molecule has 0 aliphatic carbocycles. The highest BCUT2D eigenvalue weighted by atomic mass is 32.2. The molecule has 0 spiro atoms. The summed E-state index contributed by atoms with van der Waals surface area (Å²) in [6, 6.07) is 21.0. The highest BCUT2D eigenvalue weighted by molar-refractivity contribution is 7.99. The molecule has 2 aliphatic rings. The Bertz CT molecular complexity index is 631. The molecule has 2 fully saturated rings. The molecule has 4 rings (SSSR count). The van der Waals surface area contributed by atoms with Crippen molar-refractivity contribution in [2.75, 3.05) is 24.6 Å². The fourth-order valence-corrected chi connectivity index (χ4v) is 5.59. The number of aliphatic hydroxyl groups is 1. The van der Waals surface area contributed by atoms with E-state index in [2.05, 4.69) is 47.4 Å². The first-order valence-electron chi connectivity index (χ1n) is 8.38. The van der Waals surface area contributed by atoms with Gasteiger partial charge in [0.2, 0.25) is 0 Å². The molecule has 2 nitrogen and oxygen atoms in total. The molecule has 23 heavy (non-hydrogen) atoms. The van der Waals surface area contributed by atoms with Crippen molar-refractivity contribution in [3.05, 3.63) is 71.8 Å². The minimum Gasteiger partial charge on any atom is -0.384 e. The third-order valence-electron chi connectivity index (χ3n) is 5.33. The van der Waals surface area contributed by atoms with Crippen LogP contribution in [0.5, 0.6) is 0 Å². The summed E-state index contributed by atoms with van der Waals surface area (Å²) in [4.78, 5) is 2.53. The lowest BCUT2D eigenvalue weighted by atomic mass is 9.70. The number of hydrogen-bond donors (Lipinski definition) is 1. The normalized spacial score (nSPS) is 31.0. The average molecular weight is 325 g/mol. The highest BCUT2D eigenvalue weighted by Crippen LogP contribution is 2.47. The topological polar surface area (TPSA) is 23.5 Å². The number of rotatable bonds is 3. The van der Waals surface area contributed by atoms with Crippen LogP contribution in [0, 0.1) is 11.8 Å². The van der Waals surface area contributed by atoms with Gasteiger partial charge in [-0.05, 0) is 11.1 Å². The van der Waals surface area contributed by atoms with E-state index in [9.17, 15) is 5.11 Å². The number of hydrogen-bond acceptors (Lipinski definition) is 3. The maximum atomic E-state index is 11.6. The van der Waals surface area contributed by atoms with Crippen molar-refractivity contribution >= 4 is 11.8 Å². The first kappa shape index (κ1) is 15.3. The lowest BCUT2D eigenvalue weighted by Gasteiger charge is -2.53. The van der Waals surface area contributed by atoms with Crippen molar-refractivity contribution in [3.8, 4) is 0 Å². The summed E-state index contributed by atoms with van der Waals surface area (Å²) < 4.78 is 0. The van der Waals surface area contributed by atoms with Crippen LogP contribution in [-0.2, 0) is 12.1 Å². The Morgan fingerprint density at radius 2 is 1.48 bits per heavy atom. The highest BCUT2D eigenvalue weighted by Gasteiger charge is 2.51. The zero-order valence-electron chi connectivity index (χ0n) is 13.3. The van der Waals surface area contributed by atoms with Gasteiger partial charge in [-0.25, -0.2) is 0 Å². The Morgan fingerprint density at radius 1 is 0.913 bits per heavy atom. The maximum Gasteiger partial charge on any atom is 0.0992 e. The molecule has 2 aromatic rings. The van der Waals surface area contributed by atoms with Crippen LogP contribution in [0.15, 0.2) is 60.7 Å². The van der Waals surface area contributed by atoms with Crippen molar-refractivity contribution in [2.45, 2.75) is 12.1 Å². The summed E-state index contributed by atoms with van der Waals surface area (Å²) >= 11 is 2.01. The molecule has 2 heterocycles. The third kappa shape index (κ3) is 2.82. The fourth-order valence-electron chi connectivity index (χ4n) is 4.17. The standard InChI is InChI=1S/C20H23NOS/c22-20(17-9-5-2-6-10-17)18-12-21(13-19(20)15-23-14-18)11-16-7-3-1-4-8-16/h1-10,18-19,22H,11-15H2. The summed E-state index contributed by atoms with van der Waals surface area (Å²) in [5, 5.41) is 11.6. The Balaban J connectivity index is 1.57. The summed E-state index contributed by atoms with van der Waals surface area (Å²) in [7, 11) is 0.